The van der Waals surface area contributed by atoms with Crippen LogP contribution in [-0.4, -0.2) is 62.4 Å². The second-order valence-corrected chi connectivity index (χ2v) is 17.1. The average Bonchev–Trinajstić information content (AvgIpc) is 3.19. The monoisotopic (exact) mass is 639 g/mol. The smallest absolute Gasteiger partial charge is 0.192 e. The molecular formula is C27H39FIN5O2Si. The predicted molar refractivity (Wildman–Crippen MR) is 158 cm³/mol. The van der Waals surface area contributed by atoms with Gasteiger partial charge in [0, 0.05) is 39.2 Å². The summed E-state index contributed by atoms with van der Waals surface area (Å²) in [6.45, 7) is 18.1. The van der Waals surface area contributed by atoms with Crippen LogP contribution in [0.25, 0.3) is 5.65 Å². The van der Waals surface area contributed by atoms with E-state index in [0.29, 0.717) is 38.3 Å². The van der Waals surface area contributed by atoms with Gasteiger partial charge in [0.1, 0.15) is 5.82 Å². The zero-order valence-electron chi connectivity index (χ0n) is 22.8. The first-order valence-corrected chi connectivity index (χ1v) is 16.9. The minimum Gasteiger partial charge on any atom is -0.416 e. The molecule has 37 heavy (non-hydrogen) atoms. The molecule has 2 aromatic heterocycles. The third kappa shape index (κ3) is 6.52. The van der Waals surface area contributed by atoms with Crippen molar-refractivity contribution in [3.63, 3.8) is 0 Å². The van der Waals surface area contributed by atoms with Crippen molar-refractivity contribution in [2.24, 2.45) is 0 Å². The average molecular weight is 640 g/mol. The van der Waals surface area contributed by atoms with Crippen LogP contribution in [0.5, 0.6) is 0 Å². The number of aromatic nitrogens is 3. The molecule has 10 heteroatoms. The molecule has 1 saturated heterocycles. The minimum absolute atomic E-state index is 0.186. The van der Waals surface area contributed by atoms with Gasteiger partial charge < -0.3 is 19.4 Å². The number of hydrogen-bond donors (Lipinski definition) is 1. The largest absolute Gasteiger partial charge is 0.416 e. The lowest BCUT2D eigenvalue weighted by Gasteiger charge is -2.36. The zero-order chi connectivity index (χ0) is 26.8. The van der Waals surface area contributed by atoms with E-state index in [1.807, 2.05) is 17.5 Å². The summed E-state index contributed by atoms with van der Waals surface area (Å²) < 4.78 is 29.2. The van der Waals surface area contributed by atoms with Crippen molar-refractivity contribution >= 4 is 42.4 Å². The summed E-state index contributed by atoms with van der Waals surface area (Å²) in [6, 6.07) is 7.36. The van der Waals surface area contributed by atoms with Gasteiger partial charge in [-0.05, 0) is 70.9 Å². The highest BCUT2D eigenvalue weighted by molar-refractivity contribution is 14.1. The Morgan fingerprint density at radius 3 is 2.65 bits per heavy atom. The molecule has 0 atom stereocenters. The zero-order valence-corrected chi connectivity index (χ0v) is 26.0. The molecule has 4 rings (SSSR count). The maximum absolute atomic E-state index is 14.4. The normalized spacial score (nSPS) is 15.1. The first kappa shape index (κ1) is 28.4. The Balaban J connectivity index is 1.61. The van der Waals surface area contributed by atoms with Gasteiger partial charge in [0.25, 0.3) is 0 Å². The maximum Gasteiger partial charge on any atom is 0.192 e. The lowest BCUT2D eigenvalue weighted by molar-refractivity contribution is 0.122. The van der Waals surface area contributed by atoms with Crippen molar-refractivity contribution < 1.29 is 13.6 Å². The Morgan fingerprint density at radius 2 is 1.95 bits per heavy atom. The van der Waals surface area contributed by atoms with E-state index < -0.39 is 8.32 Å². The second-order valence-electron chi connectivity index (χ2n) is 11.2. The fourth-order valence-corrected chi connectivity index (χ4v) is 5.83. The Labute approximate surface area is 234 Å². The number of halogens is 2. The number of morpholine rings is 1. The standard InChI is InChI=1S/C27H39FIN5O2Si/c1-19-20(8-7-9-21(19)28)16-24-23(18-30-10-13-36-37(5,6)27(2,3)4)31-26-22(29)17-25(32-34(24)26)33-11-14-35-15-12-33/h7-9,17,30H,10-16,18H2,1-6H3. The lowest BCUT2D eigenvalue weighted by atomic mass is 10.0. The quantitative estimate of drug-likeness (QED) is 0.194. The molecule has 0 amide bonds. The molecule has 1 aliphatic rings. The van der Waals surface area contributed by atoms with Crippen LogP contribution < -0.4 is 10.2 Å². The molecule has 1 aliphatic heterocycles. The first-order valence-electron chi connectivity index (χ1n) is 13.0. The van der Waals surface area contributed by atoms with Gasteiger partial charge in [-0.3, -0.25) is 0 Å². The number of anilines is 1. The molecule has 1 aromatic carbocycles. The molecule has 0 spiro atoms. The van der Waals surface area contributed by atoms with Gasteiger partial charge in [0.15, 0.2) is 19.8 Å². The van der Waals surface area contributed by atoms with Crippen molar-refractivity contribution in [1.82, 2.24) is 19.9 Å². The van der Waals surface area contributed by atoms with Gasteiger partial charge in [-0.1, -0.05) is 32.9 Å². The van der Waals surface area contributed by atoms with E-state index in [0.717, 1.165) is 51.6 Å². The van der Waals surface area contributed by atoms with Gasteiger partial charge in [-0.2, -0.15) is 0 Å². The fourth-order valence-electron chi connectivity index (χ4n) is 4.15. The molecule has 0 radical (unpaired) electrons. The second kappa shape index (κ2) is 11.6. The molecule has 3 heterocycles. The van der Waals surface area contributed by atoms with Crippen molar-refractivity contribution in [2.45, 2.75) is 58.8 Å². The summed E-state index contributed by atoms with van der Waals surface area (Å²) in [5.74, 6) is 0.724. The highest BCUT2D eigenvalue weighted by Crippen LogP contribution is 2.36. The fraction of sp³-hybridized carbons (Fsp3) is 0.556. The molecule has 0 unspecified atom stereocenters. The number of ether oxygens (including phenoxy) is 1. The molecular weight excluding hydrogens is 600 g/mol. The summed E-state index contributed by atoms with van der Waals surface area (Å²) in [5, 5.41) is 8.72. The van der Waals surface area contributed by atoms with E-state index >= 15 is 0 Å². The SMILES string of the molecule is Cc1c(F)cccc1Cc1c(CNCCO[Si](C)(C)C(C)(C)C)nc2c(I)cc(N3CCOCC3)nn12. The molecule has 0 saturated carbocycles. The van der Waals surface area contributed by atoms with Gasteiger partial charge >= 0.3 is 0 Å². The van der Waals surface area contributed by atoms with E-state index in [9.17, 15) is 4.39 Å². The molecule has 1 fully saturated rings. The van der Waals surface area contributed by atoms with Crippen LogP contribution in [0.4, 0.5) is 10.2 Å². The van der Waals surface area contributed by atoms with Crippen molar-refractivity contribution in [1.29, 1.82) is 0 Å². The molecule has 0 bridgehead atoms. The number of benzene rings is 1. The summed E-state index contributed by atoms with van der Waals surface area (Å²) >= 11 is 2.34. The van der Waals surface area contributed by atoms with Crippen LogP contribution in [0.1, 0.15) is 43.3 Å². The lowest BCUT2D eigenvalue weighted by Crippen LogP contribution is -2.42. The van der Waals surface area contributed by atoms with Crippen LogP contribution in [0.2, 0.25) is 18.1 Å². The van der Waals surface area contributed by atoms with Crippen LogP contribution >= 0.6 is 22.6 Å². The number of nitrogens with one attached hydrogen (secondary N) is 1. The minimum atomic E-state index is -1.78. The predicted octanol–water partition coefficient (Wildman–Crippen LogP) is 5.32. The van der Waals surface area contributed by atoms with Crippen LogP contribution in [-0.2, 0) is 22.1 Å². The summed E-state index contributed by atoms with van der Waals surface area (Å²) in [6.07, 6.45) is 0.553. The van der Waals surface area contributed by atoms with Crippen molar-refractivity contribution in [3.8, 4) is 0 Å². The van der Waals surface area contributed by atoms with Crippen molar-refractivity contribution in [3.05, 3.63) is 56.2 Å². The third-order valence-corrected chi connectivity index (χ3v) is 12.9. The van der Waals surface area contributed by atoms with Gasteiger partial charge in [-0.25, -0.2) is 13.9 Å². The highest BCUT2D eigenvalue weighted by atomic mass is 127. The number of fused-ring (bicyclic) bond motifs is 1. The topological polar surface area (TPSA) is 63.9 Å². The van der Waals surface area contributed by atoms with E-state index in [1.54, 1.807) is 6.07 Å². The number of rotatable bonds is 9. The Hall–Kier alpha value is -1.60. The van der Waals surface area contributed by atoms with Gasteiger partial charge in [0.2, 0.25) is 0 Å². The first-order chi connectivity index (χ1) is 17.5. The van der Waals surface area contributed by atoms with Gasteiger partial charge in [-0.15, -0.1) is 5.10 Å². The Bertz CT molecular complexity index is 1240. The molecule has 202 valence electrons. The van der Waals surface area contributed by atoms with Crippen LogP contribution in [0, 0.1) is 16.3 Å². The molecule has 0 aliphatic carbocycles. The van der Waals surface area contributed by atoms with E-state index in [-0.39, 0.29) is 10.9 Å². The molecule has 7 nitrogen and oxygen atoms in total. The third-order valence-electron chi connectivity index (χ3n) is 7.62. The molecule has 3 aromatic rings. The number of hydrogen-bond acceptors (Lipinski definition) is 6. The Morgan fingerprint density at radius 1 is 1.22 bits per heavy atom. The Kier molecular flexibility index (Phi) is 8.94. The highest BCUT2D eigenvalue weighted by Gasteiger charge is 2.36. The van der Waals surface area contributed by atoms with Gasteiger partial charge in [0.05, 0.1) is 28.2 Å². The van der Waals surface area contributed by atoms with Crippen LogP contribution in [0.15, 0.2) is 24.3 Å². The van der Waals surface area contributed by atoms with Crippen LogP contribution in [0.3, 0.4) is 0 Å². The summed E-state index contributed by atoms with van der Waals surface area (Å²) in [4.78, 5) is 7.24. The van der Waals surface area contributed by atoms with E-state index in [2.05, 4.69) is 72.7 Å². The summed E-state index contributed by atoms with van der Waals surface area (Å²) in [5.41, 5.74) is 4.35. The number of nitrogens with zero attached hydrogens (tertiary/aromatic N) is 4. The number of imidazole rings is 1. The summed E-state index contributed by atoms with van der Waals surface area (Å²) in [7, 11) is -1.78. The van der Waals surface area contributed by atoms with Crippen molar-refractivity contribution in [2.75, 3.05) is 44.4 Å². The molecule has 1 N–H and O–H groups in total. The maximum atomic E-state index is 14.4. The van der Waals surface area contributed by atoms with E-state index in [4.69, 9.17) is 19.2 Å². The van der Waals surface area contributed by atoms with E-state index in [1.165, 1.54) is 6.07 Å².